The van der Waals surface area contributed by atoms with Gasteiger partial charge in [0.15, 0.2) is 17.4 Å². The van der Waals surface area contributed by atoms with Crippen LogP contribution in [0.3, 0.4) is 0 Å². The maximum atomic E-state index is 11.2. The molecule has 0 spiro atoms. The van der Waals surface area contributed by atoms with Gasteiger partial charge in [-0.25, -0.2) is 0 Å². The first-order valence-corrected chi connectivity index (χ1v) is 13.2. The fraction of sp³-hybridized carbons (Fsp3) is 0.913. The van der Waals surface area contributed by atoms with E-state index in [2.05, 4.69) is 16.2 Å². The van der Waals surface area contributed by atoms with Crippen molar-refractivity contribution in [3.05, 3.63) is 0 Å². The van der Waals surface area contributed by atoms with Crippen LogP contribution in [0.1, 0.15) is 103 Å². The topological polar surface area (TPSA) is 85.0 Å². The minimum Gasteiger partial charge on any atom is -0.572 e. The minimum absolute atomic E-state index is 0.708. The molecule has 0 aliphatic heterocycles. The van der Waals surface area contributed by atoms with E-state index in [1.54, 1.807) is 0 Å². The van der Waals surface area contributed by atoms with Crippen LogP contribution in [0.5, 0.6) is 0 Å². The summed E-state index contributed by atoms with van der Waals surface area (Å²) in [6.07, 6.45) is 18.7. The highest BCUT2D eigenvalue weighted by atomic mass is 32.2. The number of hydrogen-bond acceptors (Lipinski definition) is 5. The molecule has 0 aliphatic carbocycles. The minimum atomic E-state index is -1.63. The van der Waals surface area contributed by atoms with Crippen molar-refractivity contribution in [3.63, 3.8) is 0 Å². The molecule has 1 unspecified atom stereocenters. The zero-order valence-corrected chi connectivity index (χ0v) is 20.8. The standard InChI is InChI=1S/C23H48N4O2S/c1-4-5-6-7-10-14-19-27(20-15-11-8-9-12-17-22-28)21-16-13-18-23(26(2)3)25-30(24)29/h22H,4-21,24H2,1-3H3/b25-23-. The third kappa shape index (κ3) is 19.3. The van der Waals surface area contributed by atoms with Gasteiger partial charge < -0.3 is 19.1 Å². The first kappa shape index (κ1) is 29.4. The molecule has 0 bridgehead atoms. The lowest BCUT2D eigenvalue weighted by molar-refractivity contribution is -0.107. The zero-order chi connectivity index (χ0) is 22.5. The van der Waals surface area contributed by atoms with Crippen LogP contribution in [-0.4, -0.2) is 60.2 Å². The first-order chi connectivity index (χ1) is 14.5. The van der Waals surface area contributed by atoms with Crippen molar-refractivity contribution in [2.75, 3.05) is 33.7 Å². The van der Waals surface area contributed by atoms with Crippen molar-refractivity contribution >= 4 is 23.7 Å². The van der Waals surface area contributed by atoms with E-state index in [1.807, 2.05) is 19.0 Å². The number of carbonyl (C=O) groups excluding carboxylic acids is 1. The molecule has 1 atom stereocenters. The number of nitrogens with two attached hydrogens (primary N) is 1. The van der Waals surface area contributed by atoms with Gasteiger partial charge in [0.1, 0.15) is 6.29 Å². The molecule has 0 amide bonds. The summed E-state index contributed by atoms with van der Waals surface area (Å²) in [4.78, 5) is 14.9. The Kier molecular flexibility index (Phi) is 21.1. The molecule has 0 aliphatic rings. The van der Waals surface area contributed by atoms with Gasteiger partial charge in [0.05, 0.1) is 0 Å². The summed E-state index contributed by atoms with van der Waals surface area (Å²) < 4.78 is 15.2. The molecule has 0 saturated heterocycles. The molecule has 0 heterocycles. The van der Waals surface area contributed by atoms with Crippen molar-refractivity contribution in [2.45, 2.75) is 103 Å². The van der Waals surface area contributed by atoms with Crippen molar-refractivity contribution in [1.29, 1.82) is 0 Å². The highest BCUT2D eigenvalue weighted by molar-refractivity contribution is 7.88. The number of hydrogen-bond donors (Lipinski definition) is 1. The molecule has 0 radical (unpaired) electrons. The van der Waals surface area contributed by atoms with E-state index in [9.17, 15) is 9.35 Å². The van der Waals surface area contributed by atoms with Gasteiger partial charge in [-0.15, -0.1) is 5.14 Å². The van der Waals surface area contributed by atoms with Crippen LogP contribution < -0.4 is 5.14 Å². The lowest BCUT2D eigenvalue weighted by atomic mass is 10.1. The molecule has 0 saturated carbocycles. The quantitative estimate of drug-likeness (QED) is 0.0898. The van der Waals surface area contributed by atoms with Gasteiger partial charge in [-0.3, -0.25) is 0 Å². The number of rotatable bonds is 21. The van der Waals surface area contributed by atoms with Gasteiger partial charge in [-0.2, -0.15) is 0 Å². The summed E-state index contributed by atoms with van der Waals surface area (Å²) in [6.45, 7) is 5.74. The molecule has 0 aromatic carbocycles. The van der Waals surface area contributed by atoms with E-state index in [0.29, 0.717) is 6.42 Å². The smallest absolute Gasteiger partial charge is 0.190 e. The molecule has 0 aromatic heterocycles. The fourth-order valence-corrected chi connectivity index (χ4v) is 4.08. The number of aldehydes is 1. The molecule has 0 fully saturated rings. The van der Waals surface area contributed by atoms with Crippen molar-refractivity contribution in [2.24, 2.45) is 9.54 Å². The maximum Gasteiger partial charge on any atom is 0.190 e. The average molecular weight is 445 g/mol. The van der Waals surface area contributed by atoms with Crippen molar-refractivity contribution in [3.8, 4) is 0 Å². The van der Waals surface area contributed by atoms with Crippen LogP contribution in [0.25, 0.3) is 0 Å². The second-order valence-electron chi connectivity index (χ2n) is 8.47. The summed E-state index contributed by atoms with van der Waals surface area (Å²) in [5.74, 6) is 0.814. The monoisotopic (exact) mass is 444 g/mol. The third-order valence-electron chi connectivity index (χ3n) is 5.46. The van der Waals surface area contributed by atoms with Crippen molar-refractivity contribution in [1.82, 2.24) is 9.80 Å². The van der Waals surface area contributed by atoms with Crippen LogP contribution in [0, 0.1) is 0 Å². The van der Waals surface area contributed by atoms with Crippen molar-refractivity contribution < 1.29 is 9.35 Å². The van der Waals surface area contributed by atoms with Gasteiger partial charge in [0, 0.05) is 26.9 Å². The van der Waals surface area contributed by atoms with Crippen LogP contribution in [0.15, 0.2) is 4.40 Å². The van der Waals surface area contributed by atoms with E-state index < -0.39 is 11.5 Å². The first-order valence-electron chi connectivity index (χ1n) is 12.1. The normalized spacial score (nSPS) is 13.1. The number of carbonyl (C=O) groups is 1. The molecule has 178 valence electrons. The highest BCUT2D eigenvalue weighted by Crippen LogP contribution is 2.10. The van der Waals surface area contributed by atoms with Crippen LogP contribution >= 0.6 is 0 Å². The average Bonchev–Trinajstić information content (AvgIpc) is 2.70. The Bertz CT molecular complexity index is 420. The summed E-state index contributed by atoms with van der Waals surface area (Å²) in [7, 11) is 3.84. The predicted octanol–water partition coefficient (Wildman–Crippen LogP) is 4.86. The molecule has 7 heteroatoms. The van der Waals surface area contributed by atoms with Gasteiger partial charge in [0.2, 0.25) is 0 Å². The summed E-state index contributed by atoms with van der Waals surface area (Å²) in [5.41, 5.74) is 0. The number of unbranched alkanes of at least 4 members (excludes halogenated alkanes) is 11. The zero-order valence-electron chi connectivity index (χ0n) is 19.9. The van der Waals surface area contributed by atoms with E-state index >= 15 is 0 Å². The molecule has 2 N–H and O–H groups in total. The highest BCUT2D eigenvalue weighted by Gasteiger charge is 2.09. The molecular formula is C23H48N4O2S. The Morgan fingerprint density at radius 2 is 1.37 bits per heavy atom. The third-order valence-corrected chi connectivity index (χ3v) is 5.85. The second-order valence-corrected chi connectivity index (χ2v) is 9.20. The van der Waals surface area contributed by atoms with Crippen LogP contribution in [0.4, 0.5) is 0 Å². The molecular weight excluding hydrogens is 396 g/mol. The van der Waals surface area contributed by atoms with Crippen LogP contribution in [0.2, 0.25) is 0 Å². The molecule has 0 aromatic rings. The van der Waals surface area contributed by atoms with Gasteiger partial charge in [0.25, 0.3) is 0 Å². The number of nitrogens with zero attached hydrogens (tertiary/aromatic N) is 3. The van der Waals surface area contributed by atoms with Gasteiger partial charge in [-0.1, -0.05) is 58.3 Å². The lowest BCUT2D eigenvalue weighted by Crippen LogP contribution is -2.28. The Hall–Kier alpha value is -0.630. The maximum absolute atomic E-state index is 11.2. The molecule has 30 heavy (non-hydrogen) atoms. The summed E-state index contributed by atoms with van der Waals surface area (Å²) in [5, 5.41) is 5.32. The Balaban J connectivity index is 4.20. The van der Waals surface area contributed by atoms with E-state index in [1.165, 1.54) is 77.3 Å². The second kappa shape index (κ2) is 21.6. The molecule has 6 nitrogen and oxygen atoms in total. The SMILES string of the molecule is CCCCCCCCN(CCCCCCCC=O)CCCC/C(=N/[S+](N)[O-])N(C)C. The van der Waals surface area contributed by atoms with E-state index in [4.69, 9.17) is 5.14 Å². The van der Waals surface area contributed by atoms with Gasteiger partial charge >= 0.3 is 0 Å². The predicted molar refractivity (Wildman–Crippen MR) is 131 cm³/mol. The van der Waals surface area contributed by atoms with Crippen LogP contribution in [-0.2, 0) is 16.3 Å². The van der Waals surface area contributed by atoms with E-state index in [-0.39, 0.29) is 0 Å². The Morgan fingerprint density at radius 1 is 0.867 bits per heavy atom. The lowest BCUT2D eigenvalue weighted by Gasteiger charge is -2.23. The van der Waals surface area contributed by atoms with E-state index in [0.717, 1.165) is 44.3 Å². The molecule has 0 rings (SSSR count). The fourth-order valence-electron chi connectivity index (χ4n) is 3.62. The van der Waals surface area contributed by atoms with Gasteiger partial charge in [-0.05, 0) is 56.1 Å². The number of amidine groups is 1. The Morgan fingerprint density at radius 3 is 1.87 bits per heavy atom. The largest absolute Gasteiger partial charge is 0.572 e. The summed E-state index contributed by atoms with van der Waals surface area (Å²) >= 11 is -1.63. The Labute approximate surface area is 189 Å². The summed E-state index contributed by atoms with van der Waals surface area (Å²) in [6, 6.07) is 0.